The van der Waals surface area contributed by atoms with Gasteiger partial charge in [0.2, 0.25) is 0 Å². The van der Waals surface area contributed by atoms with E-state index in [9.17, 15) is 20.1 Å². The van der Waals surface area contributed by atoms with Crippen molar-refractivity contribution in [2.75, 3.05) is 13.2 Å². The van der Waals surface area contributed by atoms with E-state index in [1.54, 1.807) is 13.8 Å². The maximum Gasteiger partial charge on any atom is 0.327 e. The number of nitrogens with zero attached hydrogens (tertiary/aromatic N) is 2. The van der Waals surface area contributed by atoms with Crippen molar-refractivity contribution in [3.05, 3.63) is 142 Å². The summed E-state index contributed by atoms with van der Waals surface area (Å²) in [5.41, 5.74) is 5.56. The number of hydrogen-bond donors (Lipinski definition) is 0. The summed E-state index contributed by atoms with van der Waals surface area (Å²) in [6.07, 6.45) is 4.30. The highest BCUT2D eigenvalue weighted by molar-refractivity contribution is 5.81. The van der Waals surface area contributed by atoms with E-state index in [1.165, 1.54) is 0 Å². The number of aryl methyl sites for hydroxylation is 4. The number of hydrogen-bond acceptors (Lipinski definition) is 6. The van der Waals surface area contributed by atoms with Crippen LogP contribution in [0, 0.1) is 33.5 Å². The lowest BCUT2D eigenvalue weighted by Gasteiger charge is -2.25. The molecule has 0 amide bonds. The van der Waals surface area contributed by atoms with Gasteiger partial charge >= 0.3 is 11.9 Å². The van der Waals surface area contributed by atoms with Crippen molar-refractivity contribution in [3.8, 4) is 12.1 Å². The first-order chi connectivity index (χ1) is 23.3. The molecule has 0 saturated heterocycles. The normalized spacial score (nSPS) is 19.7. The van der Waals surface area contributed by atoms with Gasteiger partial charge in [-0.25, -0.2) is 0 Å². The highest BCUT2D eigenvalue weighted by Gasteiger charge is 2.42. The fourth-order valence-electron chi connectivity index (χ4n) is 6.47. The highest BCUT2D eigenvalue weighted by Crippen LogP contribution is 2.32. The minimum atomic E-state index is -1.33. The largest absolute Gasteiger partial charge is 0.465 e. The third kappa shape index (κ3) is 8.20. The molecule has 4 aromatic carbocycles. The Labute approximate surface area is 284 Å². The molecule has 0 radical (unpaired) electrons. The number of carbonyl (C=O) groups is 2. The quantitative estimate of drug-likeness (QED) is 0.218. The van der Waals surface area contributed by atoms with Crippen LogP contribution in [0.5, 0.6) is 0 Å². The number of carbonyl (C=O) groups excluding carboxylic acids is 2. The van der Waals surface area contributed by atoms with Gasteiger partial charge < -0.3 is 9.47 Å². The van der Waals surface area contributed by atoms with Crippen LogP contribution in [0.25, 0.3) is 0 Å². The zero-order valence-corrected chi connectivity index (χ0v) is 27.8. The van der Waals surface area contributed by atoms with Crippen molar-refractivity contribution in [2.45, 2.75) is 65.2 Å². The zero-order valence-electron chi connectivity index (χ0n) is 27.8. The molecule has 6 heteroatoms. The molecule has 0 unspecified atom stereocenters. The summed E-state index contributed by atoms with van der Waals surface area (Å²) in [6, 6.07) is 37.1. The predicted molar refractivity (Wildman–Crippen MR) is 185 cm³/mol. The zero-order chi connectivity index (χ0) is 34.0. The van der Waals surface area contributed by atoms with Gasteiger partial charge in [-0.05, 0) is 84.0 Å². The molecule has 8 bridgehead atoms. The summed E-state index contributed by atoms with van der Waals surface area (Å²) < 4.78 is 10.9. The fraction of sp³-hybridized carbons (Fsp3) is 0.333. The van der Waals surface area contributed by atoms with Gasteiger partial charge in [-0.15, -0.1) is 0 Å². The van der Waals surface area contributed by atoms with Crippen LogP contribution in [0.1, 0.15) is 58.4 Å². The first kappa shape index (κ1) is 34.1. The Kier molecular flexibility index (Phi) is 11.1. The standard InChI is InChI=1S/C42H42N2O4/c1-3-47-39(45)41(29-43)25-35-17-9-31(10-18-35)5-7-33-13-21-37(22-14-33)27-42(30-44,40(46)48-4-2)28-38-23-15-34(16-24-38)8-6-32-11-19-36(26-41)20-12-32/h9-24H,3-8,25-28H2,1-2H3. The molecular weight excluding hydrogens is 596 g/mol. The minimum absolute atomic E-state index is 0.215. The van der Waals surface area contributed by atoms with Crippen LogP contribution >= 0.6 is 0 Å². The number of esters is 2. The lowest BCUT2D eigenvalue weighted by Crippen LogP contribution is -2.36. The van der Waals surface area contributed by atoms with Crippen LogP contribution in [0.2, 0.25) is 0 Å². The van der Waals surface area contributed by atoms with E-state index in [4.69, 9.17) is 9.47 Å². The van der Waals surface area contributed by atoms with Gasteiger partial charge in [0.15, 0.2) is 10.8 Å². The molecule has 0 N–H and O–H groups in total. The summed E-state index contributed by atoms with van der Waals surface area (Å²) in [6.45, 7) is 3.96. The van der Waals surface area contributed by atoms with Gasteiger partial charge in [0, 0.05) is 25.7 Å². The summed E-state index contributed by atoms with van der Waals surface area (Å²) in [5, 5.41) is 20.8. The van der Waals surface area contributed by atoms with E-state index in [-0.39, 0.29) is 38.9 Å². The van der Waals surface area contributed by atoms with Crippen molar-refractivity contribution in [1.29, 1.82) is 10.5 Å². The molecule has 6 nitrogen and oxygen atoms in total. The maximum atomic E-state index is 13.3. The molecule has 4 aromatic rings. The first-order valence-corrected chi connectivity index (χ1v) is 16.8. The van der Waals surface area contributed by atoms with E-state index >= 15 is 0 Å². The van der Waals surface area contributed by atoms with Gasteiger partial charge in [0.1, 0.15) is 0 Å². The van der Waals surface area contributed by atoms with Crippen molar-refractivity contribution in [1.82, 2.24) is 0 Å². The second kappa shape index (κ2) is 15.6. The van der Waals surface area contributed by atoms with Crippen LogP contribution in [0.15, 0.2) is 97.1 Å². The molecule has 0 aliphatic heterocycles. The van der Waals surface area contributed by atoms with Crippen molar-refractivity contribution in [2.24, 2.45) is 10.8 Å². The molecule has 0 atom stereocenters. The van der Waals surface area contributed by atoms with E-state index in [2.05, 4.69) is 60.7 Å². The Hall–Kier alpha value is -5.20. The van der Waals surface area contributed by atoms with Gasteiger partial charge in [-0.2, -0.15) is 10.5 Å². The average molecular weight is 639 g/mol. The third-order valence-electron chi connectivity index (χ3n) is 9.28. The molecule has 11 rings (SSSR count). The van der Waals surface area contributed by atoms with E-state index < -0.39 is 22.8 Å². The van der Waals surface area contributed by atoms with Crippen molar-refractivity contribution < 1.29 is 19.1 Å². The Balaban J connectivity index is 1.47. The van der Waals surface area contributed by atoms with Crippen LogP contribution in [0.3, 0.4) is 0 Å². The number of nitriles is 2. The smallest absolute Gasteiger partial charge is 0.327 e. The minimum Gasteiger partial charge on any atom is -0.465 e. The molecule has 0 heterocycles. The molecule has 0 aromatic heterocycles. The van der Waals surface area contributed by atoms with Crippen LogP contribution in [0.4, 0.5) is 0 Å². The second-order valence-corrected chi connectivity index (χ2v) is 12.8. The topological polar surface area (TPSA) is 100 Å². The monoisotopic (exact) mass is 638 g/mol. The van der Waals surface area contributed by atoms with Crippen molar-refractivity contribution in [3.63, 3.8) is 0 Å². The summed E-state index contributed by atoms with van der Waals surface area (Å²) in [5.74, 6) is -0.982. The predicted octanol–water partition coefficient (Wildman–Crippen LogP) is 7.29. The Morgan fingerprint density at radius 1 is 0.479 bits per heavy atom. The van der Waals surface area contributed by atoms with E-state index in [1.807, 2.05) is 48.5 Å². The molecule has 244 valence electrons. The fourth-order valence-corrected chi connectivity index (χ4v) is 6.47. The highest BCUT2D eigenvalue weighted by atomic mass is 16.5. The third-order valence-corrected chi connectivity index (χ3v) is 9.28. The molecule has 7 aliphatic rings. The van der Waals surface area contributed by atoms with E-state index in [0.29, 0.717) is 0 Å². The maximum absolute atomic E-state index is 13.3. The van der Waals surface area contributed by atoms with Gasteiger partial charge in [-0.3, -0.25) is 9.59 Å². The van der Waals surface area contributed by atoms with Crippen LogP contribution < -0.4 is 0 Å². The summed E-state index contributed by atoms with van der Waals surface area (Å²) in [7, 11) is 0. The number of rotatable bonds is 4. The van der Waals surface area contributed by atoms with Gasteiger partial charge in [-0.1, -0.05) is 97.1 Å². The first-order valence-electron chi connectivity index (χ1n) is 16.8. The Bertz CT molecular complexity index is 1540. The molecule has 0 spiro atoms. The van der Waals surface area contributed by atoms with Gasteiger partial charge in [0.25, 0.3) is 0 Å². The molecule has 7 aliphatic carbocycles. The summed E-state index contributed by atoms with van der Waals surface area (Å²) in [4.78, 5) is 26.5. The molecular formula is C42H42N2O4. The summed E-state index contributed by atoms with van der Waals surface area (Å²) >= 11 is 0. The lowest BCUT2D eigenvalue weighted by atomic mass is 9.77. The SMILES string of the molecule is CCOC(=O)C1(C#N)Cc2ccc(cc2)CCc2ccc(cc2)CC(C#N)(C(=O)OCC)Cc2ccc(cc2)CCc2ccc(cc2)C1. The van der Waals surface area contributed by atoms with Gasteiger partial charge in [0.05, 0.1) is 25.4 Å². The number of benzene rings is 4. The Morgan fingerprint density at radius 2 is 0.688 bits per heavy atom. The molecule has 0 saturated carbocycles. The van der Waals surface area contributed by atoms with E-state index in [0.717, 1.165) is 70.2 Å². The Morgan fingerprint density at radius 3 is 0.875 bits per heavy atom. The van der Waals surface area contributed by atoms with Crippen molar-refractivity contribution >= 4 is 11.9 Å². The lowest BCUT2D eigenvalue weighted by molar-refractivity contribution is -0.152. The molecule has 48 heavy (non-hydrogen) atoms. The molecule has 0 fully saturated rings. The second-order valence-electron chi connectivity index (χ2n) is 12.8. The average Bonchev–Trinajstić information content (AvgIpc) is 3.11. The van der Waals surface area contributed by atoms with Crippen LogP contribution in [-0.4, -0.2) is 25.2 Å². The number of ether oxygens (including phenoxy) is 2. The van der Waals surface area contributed by atoms with Crippen LogP contribution in [-0.2, 0) is 70.4 Å².